The Balaban J connectivity index is 2.72. The molecule has 0 radical (unpaired) electrons. The molecule has 1 atom stereocenters. The average molecular weight is 207 g/mol. The molecule has 84 valence electrons. The van der Waals surface area contributed by atoms with E-state index in [-0.39, 0.29) is 12.1 Å². The fourth-order valence-electron chi connectivity index (χ4n) is 1.43. The van der Waals surface area contributed by atoms with Crippen LogP contribution in [0.5, 0.6) is 5.75 Å². The van der Waals surface area contributed by atoms with E-state index in [0.717, 1.165) is 5.75 Å². The van der Waals surface area contributed by atoms with Crippen LogP contribution in [0.4, 0.5) is 0 Å². The molecule has 0 bridgehead atoms. The molecule has 2 heteroatoms. The van der Waals surface area contributed by atoms with Crippen LogP contribution < -0.4 is 10.5 Å². The van der Waals surface area contributed by atoms with E-state index in [1.165, 1.54) is 5.56 Å². The van der Waals surface area contributed by atoms with Crippen LogP contribution in [0.25, 0.3) is 0 Å². The van der Waals surface area contributed by atoms with Crippen molar-refractivity contribution in [2.75, 3.05) is 0 Å². The third-order valence-corrected chi connectivity index (χ3v) is 2.36. The minimum absolute atomic E-state index is 0.109. The first-order chi connectivity index (χ1) is 7.00. The Morgan fingerprint density at radius 1 is 1.00 bits per heavy atom. The van der Waals surface area contributed by atoms with Gasteiger partial charge in [0.05, 0.1) is 6.10 Å². The molecule has 0 fully saturated rings. The highest BCUT2D eigenvalue weighted by Gasteiger charge is 2.10. The molecule has 0 saturated heterocycles. The number of benzene rings is 1. The van der Waals surface area contributed by atoms with E-state index >= 15 is 0 Å². The van der Waals surface area contributed by atoms with Crippen molar-refractivity contribution in [1.29, 1.82) is 0 Å². The normalized spacial score (nSPS) is 13.3. The lowest BCUT2D eigenvalue weighted by Gasteiger charge is -2.17. The van der Waals surface area contributed by atoms with Gasteiger partial charge in [0.2, 0.25) is 0 Å². The van der Waals surface area contributed by atoms with Crippen LogP contribution in [-0.4, -0.2) is 6.10 Å². The van der Waals surface area contributed by atoms with E-state index in [1.54, 1.807) is 0 Å². The van der Waals surface area contributed by atoms with Crippen molar-refractivity contribution in [1.82, 2.24) is 0 Å². The van der Waals surface area contributed by atoms with Crippen LogP contribution >= 0.6 is 0 Å². The van der Waals surface area contributed by atoms with Gasteiger partial charge in [-0.15, -0.1) is 0 Å². The molecule has 2 nitrogen and oxygen atoms in total. The summed E-state index contributed by atoms with van der Waals surface area (Å²) in [6.07, 6.45) is 0.217. The van der Waals surface area contributed by atoms with E-state index in [2.05, 4.69) is 13.8 Å². The molecular weight excluding hydrogens is 186 g/mol. The van der Waals surface area contributed by atoms with E-state index in [0.29, 0.717) is 5.92 Å². The zero-order valence-corrected chi connectivity index (χ0v) is 10.0. The van der Waals surface area contributed by atoms with Gasteiger partial charge < -0.3 is 10.5 Å². The Labute approximate surface area is 92.4 Å². The summed E-state index contributed by atoms with van der Waals surface area (Å²) in [5.41, 5.74) is 7.22. The van der Waals surface area contributed by atoms with Crippen LogP contribution in [0.1, 0.15) is 39.3 Å². The zero-order valence-electron chi connectivity index (χ0n) is 10.0. The molecule has 2 N–H and O–H groups in total. The maximum atomic E-state index is 6.05. The average Bonchev–Trinajstić information content (AvgIpc) is 2.17. The summed E-state index contributed by atoms with van der Waals surface area (Å²) < 4.78 is 5.57. The first-order valence-electron chi connectivity index (χ1n) is 5.53. The van der Waals surface area contributed by atoms with Crippen LogP contribution in [0, 0.1) is 5.92 Å². The summed E-state index contributed by atoms with van der Waals surface area (Å²) in [7, 11) is 0. The Bertz CT molecular complexity index is 290. The minimum atomic E-state index is 0.109. The van der Waals surface area contributed by atoms with Gasteiger partial charge in [-0.3, -0.25) is 0 Å². The number of hydrogen-bond acceptors (Lipinski definition) is 2. The Kier molecular flexibility index (Phi) is 4.15. The molecule has 0 spiro atoms. The molecule has 1 aromatic rings. The molecule has 0 saturated carbocycles. The van der Waals surface area contributed by atoms with Crippen molar-refractivity contribution < 1.29 is 4.74 Å². The molecule has 0 amide bonds. The first-order valence-corrected chi connectivity index (χ1v) is 5.53. The van der Waals surface area contributed by atoms with Crippen molar-refractivity contribution in [3.05, 3.63) is 29.8 Å². The highest BCUT2D eigenvalue weighted by atomic mass is 16.5. The monoisotopic (exact) mass is 207 g/mol. The summed E-state index contributed by atoms with van der Waals surface area (Å²) in [5.74, 6) is 1.37. The second kappa shape index (κ2) is 5.17. The number of nitrogens with two attached hydrogens (primary N) is 1. The predicted octanol–water partition coefficient (Wildman–Crippen LogP) is 3.13. The molecule has 1 aromatic carbocycles. The molecule has 15 heavy (non-hydrogen) atoms. The van der Waals surface area contributed by atoms with Crippen molar-refractivity contribution in [2.45, 2.75) is 39.8 Å². The van der Waals surface area contributed by atoms with Gasteiger partial charge in [0.1, 0.15) is 5.75 Å². The highest BCUT2D eigenvalue weighted by Crippen LogP contribution is 2.21. The zero-order chi connectivity index (χ0) is 11.4. The van der Waals surface area contributed by atoms with Crippen molar-refractivity contribution in [3.63, 3.8) is 0 Å². The molecule has 1 unspecified atom stereocenters. The number of hydrogen-bond donors (Lipinski definition) is 1. The molecule has 0 aromatic heterocycles. The standard InChI is InChI=1S/C13H21NO/c1-9(2)13(14)11-5-7-12(8-6-11)15-10(3)4/h5-10,13H,14H2,1-4H3. The first kappa shape index (κ1) is 12.1. The van der Waals surface area contributed by atoms with E-state index in [1.807, 2.05) is 38.1 Å². The van der Waals surface area contributed by atoms with E-state index in [9.17, 15) is 0 Å². The van der Waals surface area contributed by atoms with Crippen LogP contribution in [-0.2, 0) is 0 Å². The maximum absolute atomic E-state index is 6.05. The van der Waals surface area contributed by atoms with Gasteiger partial charge in [0, 0.05) is 6.04 Å². The molecule has 0 aliphatic heterocycles. The van der Waals surface area contributed by atoms with E-state index in [4.69, 9.17) is 10.5 Å². The molecule has 0 aliphatic rings. The van der Waals surface area contributed by atoms with Gasteiger partial charge in [-0.1, -0.05) is 26.0 Å². The van der Waals surface area contributed by atoms with Crippen molar-refractivity contribution in [3.8, 4) is 5.75 Å². The maximum Gasteiger partial charge on any atom is 0.119 e. The Hall–Kier alpha value is -1.02. The number of ether oxygens (including phenoxy) is 1. The Morgan fingerprint density at radius 2 is 1.53 bits per heavy atom. The van der Waals surface area contributed by atoms with Gasteiger partial charge in [-0.25, -0.2) is 0 Å². The lowest BCUT2D eigenvalue weighted by molar-refractivity contribution is 0.242. The third-order valence-electron chi connectivity index (χ3n) is 2.36. The molecular formula is C13H21NO. The van der Waals surface area contributed by atoms with Crippen LogP contribution in [0.15, 0.2) is 24.3 Å². The number of rotatable bonds is 4. The quantitative estimate of drug-likeness (QED) is 0.823. The van der Waals surface area contributed by atoms with Gasteiger partial charge in [0.25, 0.3) is 0 Å². The van der Waals surface area contributed by atoms with Crippen LogP contribution in [0.2, 0.25) is 0 Å². The largest absolute Gasteiger partial charge is 0.491 e. The fourth-order valence-corrected chi connectivity index (χ4v) is 1.43. The summed E-state index contributed by atoms with van der Waals surface area (Å²) in [6, 6.07) is 8.16. The fraction of sp³-hybridized carbons (Fsp3) is 0.538. The topological polar surface area (TPSA) is 35.2 Å². The lowest BCUT2D eigenvalue weighted by atomic mass is 9.97. The van der Waals surface area contributed by atoms with Gasteiger partial charge >= 0.3 is 0 Å². The summed E-state index contributed by atoms with van der Waals surface area (Å²) >= 11 is 0. The van der Waals surface area contributed by atoms with Crippen LogP contribution in [0.3, 0.4) is 0 Å². The van der Waals surface area contributed by atoms with Gasteiger partial charge in [-0.2, -0.15) is 0 Å². The predicted molar refractivity (Wildman–Crippen MR) is 64.0 cm³/mol. The summed E-state index contributed by atoms with van der Waals surface area (Å²) in [6.45, 7) is 8.30. The van der Waals surface area contributed by atoms with E-state index < -0.39 is 0 Å². The second-order valence-corrected chi connectivity index (χ2v) is 4.51. The van der Waals surface area contributed by atoms with Gasteiger partial charge in [-0.05, 0) is 37.5 Å². The molecule has 0 heterocycles. The summed E-state index contributed by atoms with van der Waals surface area (Å²) in [4.78, 5) is 0. The SMILES string of the molecule is CC(C)Oc1ccc(C(N)C(C)C)cc1. The van der Waals surface area contributed by atoms with Crippen molar-refractivity contribution >= 4 is 0 Å². The van der Waals surface area contributed by atoms with Gasteiger partial charge in [0.15, 0.2) is 0 Å². The summed E-state index contributed by atoms with van der Waals surface area (Å²) in [5, 5.41) is 0. The Morgan fingerprint density at radius 3 is 1.93 bits per heavy atom. The van der Waals surface area contributed by atoms with Crippen molar-refractivity contribution in [2.24, 2.45) is 11.7 Å². The highest BCUT2D eigenvalue weighted by molar-refractivity contribution is 5.29. The second-order valence-electron chi connectivity index (χ2n) is 4.51. The molecule has 0 aliphatic carbocycles. The minimum Gasteiger partial charge on any atom is -0.491 e. The smallest absolute Gasteiger partial charge is 0.119 e. The third kappa shape index (κ3) is 3.56. The lowest BCUT2D eigenvalue weighted by Crippen LogP contribution is -2.16. The molecule has 1 rings (SSSR count).